The van der Waals surface area contributed by atoms with Gasteiger partial charge >= 0.3 is 0 Å². The number of nitrogens with zero attached hydrogens (tertiary/aromatic N) is 6. The normalized spacial score (nSPS) is 11.3. The summed E-state index contributed by atoms with van der Waals surface area (Å²) < 4.78 is 15.7. The lowest BCUT2D eigenvalue weighted by atomic mass is 10.2. The number of halogens is 1. The van der Waals surface area contributed by atoms with Crippen LogP contribution in [0.25, 0.3) is 5.95 Å². The maximum atomic E-state index is 6.01. The first-order valence-electron chi connectivity index (χ1n) is 10.0. The molecule has 2 aromatic heterocycles. The Balaban J connectivity index is 1.61. The third-order valence-corrected chi connectivity index (χ3v) is 5.37. The molecular weight excluding hydrogens is 472 g/mol. The van der Waals surface area contributed by atoms with Crippen LogP contribution >= 0.6 is 15.9 Å². The first-order chi connectivity index (χ1) is 15.5. The van der Waals surface area contributed by atoms with Gasteiger partial charge in [-0.3, -0.25) is 0 Å². The van der Waals surface area contributed by atoms with E-state index in [1.54, 1.807) is 22.7 Å². The van der Waals surface area contributed by atoms with E-state index < -0.39 is 0 Å². The molecule has 0 atom stereocenters. The molecule has 0 saturated heterocycles. The summed E-state index contributed by atoms with van der Waals surface area (Å²) in [6, 6.07) is 15.8. The van der Waals surface area contributed by atoms with Gasteiger partial charge in [0.1, 0.15) is 6.61 Å². The van der Waals surface area contributed by atoms with Crippen LogP contribution in [0.1, 0.15) is 28.3 Å². The quantitative estimate of drug-likeness (QED) is 0.350. The average Bonchev–Trinajstić information content (AvgIpc) is 3.32. The third kappa shape index (κ3) is 4.57. The molecule has 2 aromatic carbocycles. The van der Waals surface area contributed by atoms with Crippen molar-refractivity contribution in [1.82, 2.24) is 24.7 Å². The van der Waals surface area contributed by atoms with Gasteiger partial charge in [0.15, 0.2) is 17.3 Å². The molecule has 0 amide bonds. The Morgan fingerprint density at radius 2 is 1.84 bits per heavy atom. The molecule has 8 nitrogen and oxygen atoms in total. The Morgan fingerprint density at radius 3 is 2.53 bits per heavy atom. The topological polar surface area (TPSA) is 79.4 Å². The minimum absolute atomic E-state index is 0.440. The minimum Gasteiger partial charge on any atom is -0.493 e. The maximum Gasteiger partial charge on any atom is 0.273 e. The van der Waals surface area contributed by atoms with E-state index in [9.17, 15) is 0 Å². The highest BCUT2D eigenvalue weighted by molar-refractivity contribution is 9.10. The van der Waals surface area contributed by atoms with Crippen LogP contribution in [0.3, 0.4) is 0 Å². The molecule has 0 fully saturated rings. The summed E-state index contributed by atoms with van der Waals surface area (Å²) in [5.41, 5.74) is 3.76. The van der Waals surface area contributed by atoms with Crippen LogP contribution in [0.15, 0.2) is 58.1 Å². The van der Waals surface area contributed by atoms with Crippen molar-refractivity contribution in [2.24, 2.45) is 5.10 Å². The molecule has 0 aliphatic carbocycles. The van der Waals surface area contributed by atoms with Gasteiger partial charge in [0, 0.05) is 5.69 Å². The Morgan fingerprint density at radius 1 is 1.06 bits per heavy atom. The van der Waals surface area contributed by atoms with Crippen LogP contribution in [0.5, 0.6) is 11.5 Å². The molecule has 0 N–H and O–H groups in total. The molecule has 0 aliphatic rings. The molecule has 4 aromatic rings. The molecule has 0 saturated carbocycles. The summed E-state index contributed by atoms with van der Waals surface area (Å²) in [5, 5.41) is 17.5. The summed E-state index contributed by atoms with van der Waals surface area (Å²) >= 11 is 3.60. The van der Waals surface area contributed by atoms with Crippen LogP contribution in [-0.2, 0) is 6.61 Å². The Labute approximate surface area is 194 Å². The van der Waals surface area contributed by atoms with Gasteiger partial charge in [0.2, 0.25) is 0 Å². The van der Waals surface area contributed by atoms with Crippen LogP contribution in [0.2, 0.25) is 0 Å². The maximum absolute atomic E-state index is 6.01. The fourth-order valence-electron chi connectivity index (χ4n) is 3.25. The van der Waals surface area contributed by atoms with Gasteiger partial charge in [-0.2, -0.15) is 14.9 Å². The predicted octanol–water partition coefficient (Wildman–Crippen LogP) is 4.62. The first kappa shape index (κ1) is 21.8. The third-order valence-electron chi connectivity index (χ3n) is 4.78. The first-order valence-corrected chi connectivity index (χ1v) is 10.8. The lowest BCUT2D eigenvalue weighted by Gasteiger charge is -2.13. The van der Waals surface area contributed by atoms with Crippen molar-refractivity contribution in [1.29, 1.82) is 0 Å². The second-order valence-corrected chi connectivity index (χ2v) is 8.11. The molecule has 0 aliphatic heterocycles. The monoisotopic (exact) mass is 494 g/mol. The fourth-order valence-corrected chi connectivity index (χ4v) is 3.83. The van der Waals surface area contributed by atoms with Crippen LogP contribution < -0.4 is 9.47 Å². The second-order valence-electron chi connectivity index (χ2n) is 7.25. The lowest BCUT2D eigenvalue weighted by molar-refractivity contribution is 0.282. The van der Waals surface area contributed by atoms with Crippen molar-refractivity contribution in [3.63, 3.8) is 0 Å². The summed E-state index contributed by atoms with van der Waals surface area (Å²) in [6.07, 6.45) is 1.72. The number of benzene rings is 2. The van der Waals surface area contributed by atoms with Gasteiger partial charge in [-0.25, -0.2) is 4.68 Å². The Hall–Kier alpha value is -3.46. The van der Waals surface area contributed by atoms with Crippen molar-refractivity contribution < 1.29 is 9.47 Å². The highest BCUT2D eigenvalue weighted by atomic mass is 79.9. The highest BCUT2D eigenvalue weighted by Gasteiger charge is 2.15. The molecule has 0 radical (unpaired) electrons. The number of aromatic nitrogens is 5. The van der Waals surface area contributed by atoms with Gasteiger partial charge < -0.3 is 9.47 Å². The number of rotatable bonds is 7. The molecular formula is C23H23BrN6O2. The summed E-state index contributed by atoms with van der Waals surface area (Å²) in [5.74, 6) is 2.42. The standard InChI is InChI=1S/C23H23BrN6O2/c1-15-10-16(2)29(28-15)23-27-26-17(3)30(23)25-13-19-11-20(24)22(21(12-19)31-4)32-14-18-8-6-5-7-9-18/h5-13H,14H2,1-4H3/b25-13+. The average molecular weight is 495 g/mol. The second kappa shape index (κ2) is 9.35. The zero-order valence-electron chi connectivity index (χ0n) is 18.3. The van der Waals surface area contributed by atoms with E-state index in [0.29, 0.717) is 29.9 Å². The highest BCUT2D eigenvalue weighted by Crippen LogP contribution is 2.37. The van der Waals surface area contributed by atoms with Crippen molar-refractivity contribution in [2.75, 3.05) is 7.11 Å². The zero-order valence-corrected chi connectivity index (χ0v) is 19.9. The SMILES string of the molecule is COc1cc(/C=N/n2c(C)nnc2-n2nc(C)cc2C)cc(Br)c1OCc1ccccc1. The van der Waals surface area contributed by atoms with E-state index in [4.69, 9.17) is 9.47 Å². The van der Waals surface area contributed by atoms with Gasteiger partial charge in [0.05, 0.1) is 23.5 Å². The minimum atomic E-state index is 0.440. The molecule has 2 heterocycles. The number of aryl methyl sites for hydroxylation is 3. The molecule has 32 heavy (non-hydrogen) atoms. The van der Waals surface area contributed by atoms with Crippen LogP contribution in [0.4, 0.5) is 0 Å². The number of methoxy groups -OCH3 is 1. The lowest BCUT2D eigenvalue weighted by Crippen LogP contribution is -2.08. The molecule has 0 unspecified atom stereocenters. The fraction of sp³-hybridized carbons (Fsp3) is 0.217. The van der Waals surface area contributed by atoms with E-state index in [1.807, 2.05) is 69.3 Å². The zero-order chi connectivity index (χ0) is 22.7. The van der Waals surface area contributed by atoms with Crippen LogP contribution in [0, 0.1) is 20.8 Å². The molecule has 4 rings (SSSR count). The van der Waals surface area contributed by atoms with Gasteiger partial charge in [-0.15, -0.1) is 10.2 Å². The molecule has 164 valence electrons. The van der Waals surface area contributed by atoms with E-state index in [1.165, 1.54) is 0 Å². The summed E-state index contributed by atoms with van der Waals surface area (Å²) in [4.78, 5) is 0. The molecule has 0 spiro atoms. The Kier molecular flexibility index (Phi) is 6.36. The Bertz CT molecular complexity index is 1260. The summed E-state index contributed by atoms with van der Waals surface area (Å²) in [7, 11) is 1.61. The van der Waals surface area contributed by atoms with Crippen molar-refractivity contribution in [3.8, 4) is 17.4 Å². The van der Waals surface area contributed by atoms with Crippen molar-refractivity contribution in [3.05, 3.63) is 81.3 Å². The van der Waals surface area contributed by atoms with Gasteiger partial charge in [-0.05, 0) is 66.0 Å². The van der Waals surface area contributed by atoms with Crippen LogP contribution in [-0.4, -0.2) is 38.0 Å². The van der Waals surface area contributed by atoms with Gasteiger partial charge in [0.25, 0.3) is 5.95 Å². The molecule has 9 heteroatoms. The van der Waals surface area contributed by atoms with E-state index in [-0.39, 0.29) is 0 Å². The number of hydrogen-bond donors (Lipinski definition) is 0. The van der Waals surface area contributed by atoms with Crippen molar-refractivity contribution in [2.45, 2.75) is 27.4 Å². The predicted molar refractivity (Wildman–Crippen MR) is 126 cm³/mol. The van der Waals surface area contributed by atoms with Crippen molar-refractivity contribution >= 4 is 22.1 Å². The summed E-state index contributed by atoms with van der Waals surface area (Å²) in [6.45, 7) is 6.19. The van der Waals surface area contributed by atoms with E-state index >= 15 is 0 Å². The molecule has 0 bridgehead atoms. The number of hydrogen-bond acceptors (Lipinski definition) is 6. The largest absolute Gasteiger partial charge is 0.493 e. The van der Waals surface area contributed by atoms with E-state index in [2.05, 4.69) is 36.3 Å². The number of ether oxygens (including phenoxy) is 2. The smallest absolute Gasteiger partial charge is 0.273 e. The van der Waals surface area contributed by atoms with E-state index in [0.717, 1.165) is 27.0 Å². The van der Waals surface area contributed by atoms with Gasteiger partial charge in [-0.1, -0.05) is 30.3 Å².